The molecule has 0 N–H and O–H groups in total. The molecule has 2 aliphatic rings. The van der Waals surface area contributed by atoms with Crippen LogP contribution in [0.4, 0.5) is 5.95 Å². The molecule has 1 fully saturated rings. The second-order valence-electron chi connectivity index (χ2n) is 7.69. The van der Waals surface area contributed by atoms with Crippen LogP contribution >= 0.6 is 0 Å². The van der Waals surface area contributed by atoms with Crippen molar-refractivity contribution >= 4 is 15.8 Å². The van der Waals surface area contributed by atoms with Crippen LogP contribution in [0.25, 0.3) is 0 Å². The van der Waals surface area contributed by atoms with E-state index in [1.165, 1.54) is 23.5 Å². The Hall–Kier alpha value is -2.19. The highest BCUT2D eigenvalue weighted by Crippen LogP contribution is 2.33. The van der Waals surface area contributed by atoms with E-state index in [0.29, 0.717) is 12.0 Å². The number of benzene rings is 1. The van der Waals surface area contributed by atoms with Crippen molar-refractivity contribution in [2.75, 3.05) is 37.3 Å². The molecule has 1 saturated heterocycles. The first-order chi connectivity index (χ1) is 13.3. The highest BCUT2D eigenvalue weighted by atomic mass is 32.2. The summed E-state index contributed by atoms with van der Waals surface area (Å²) in [6.07, 6.45) is 5.19. The fourth-order valence-electron chi connectivity index (χ4n) is 3.86. The number of sulfone groups is 1. The van der Waals surface area contributed by atoms with Crippen molar-refractivity contribution in [3.05, 3.63) is 41.7 Å². The zero-order valence-electron chi connectivity index (χ0n) is 16.5. The van der Waals surface area contributed by atoms with E-state index in [2.05, 4.69) is 51.8 Å². The Kier molecular flexibility index (Phi) is 5.01. The van der Waals surface area contributed by atoms with E-state index in [4.69, 9.17) is 4.74 Å². The van der Waals surface area contributed by atoms with E-state index in [1.54, 1.807) is 0 Å². The fraction of sp³-hybridized carbons (Fsp3) is 0.500. The molecule has 0 saturated carbocycles. The third-order valence-corrected chi connectivity index (χ3v) is 6.66. The molecule has 0 aliphatic carbocycles. The maximum absolute atomic E-state index is 11.6. The third-order valence-electron chi connectivity index (χ3n) is 5.60. The van der Waals surface area contributed by atoms with Crippen LogP contribution < -0.4 is 9.64 Å². The quantitative estimate of drug-likeness (QED) is 0.775. The van der Waals surface area contributed by atoms with Crippen LogP contribution in [0, 0.1) is 0 Å². The minimum atomic E-state index is -3.27. The SMILES string of the molecule is CC1Cc2ccc(C(C)N3CCN(c4ncc(S(C)(=O)=O)cn4)CC3)cc2O1. The van der Waals surface area contributed by atoms with Gasteiger partial charge in [0.25, 0.3) is 0 Å². The normalized spacial score (nSPS) is 21.2. The van der Waals surface area contributed by atoms with Crippen molar-refractivity contribution in [2.24, 2.45) is 0 Å². The van der Waals surface area contributed by atoms with Crippen molar-refractivity contribution in [3.8, 4) is 5.75 Å². The van der Waals surface area contributed by atoms with Crippen molar-refractivity contribution in [2.45, 2.75) is 37.3 Å². The second-order valence-corrected chi connectivity index (χ2v) is 9.71. The maximum atomic E-state index is 11.6. The second kappa shape index (κ2) is 7.33. The predicted molar refractivity (Wildman–Crippen MR) is 108 cm³/mol. The van der Waals surface area contributed by atoms with Crippen molar-refractivity contribution in [1.29, 1.82) is 0 Å². The topological polar surface area (TPSA) is 75.6 Å². The van der Waals surface area contributed by atoms with E-state index in [1.807, 2.05) is 0 Å². The first-order valence-electron chi connectivity index (χ1n) is 9.62. The van der Waals surface area contributed by atoms with Gasteiger partial charge >= 0.3 is 0 Å². The average Bonchev–Trinajstić information content (AvgIpc) is 3.06. The Balaban J connectivity index is 1.39. The largest absolute Gasteiger partial charge is 0.490 e. The summed E-state index contributed by atoms with van der Waals surface area (Å²) in [4.78, 5) is 13.2. The van der Waals surface area contributed by atoms with E-state index < -0.39 is 9.84 Å². The number of fused-ring (bicyclic) bond motifs is 1. The van der Waals surface area contributed by atoms with Crippen LogP contribution in [-0.4, -0.2) is 61.8 Å². The first-order valence-corrected chi connectivity index (χ1v) is 11.5. The molecule has 4 rings (SSSR count). The minimum absolute atomic E-state index is 0.150. The molecular weight excluding hydrogens is 376 g/mol. The molecule has 8 heteroatoms. The Morgan fingerprint density at radius 2 is 1.82 bits per heavy atom. The van der Waals surface area contributed by atoms with Gasteiger partial charge in [0.1, 0.15) is 16.7 Å². The Morgan fingerprint density at radius 3 is 2.46 bits per heavy atom. The number of anilines is 1. The summed E-state index contributed by atoms with van der Waals surface area (Å²) in [6.45, 7) is 7.74. The maximum Gasteiger partial charge on any atom is 0.225 e. The molecule has 28 heavy (non-hydrogen) atoms. The standard InChI is InChI=1S/C20H26N4O3S/c1-14-10-17-5-4-16(11-19(17)27-14)15(2)23-6-8-24(9-7-23)20-21-12-18(13-22-20)28(3,25)26/h4-5,11-15H,6-10H2,1-3H3. The summed E-state index contributed by atoms with van der Waals surface area (Å²) in [5.41, 5.74) is 2.57. The van der Waals surface area contributed by atoms with Crippen LogP contribution in [0.15, 0.2) is 35.5 Å². The van der Waals surface area contributed by atoms with Crippen LogP contribution in [0.5, 0.6) is 5.75 Å². The number of hydrogen-bond acceptors (Lipinski definition) is 7. The number of rotatable bonds is 4. The summed E-state index contributed by atoms with van der Waals surface area (Å²) in [6, 6.07) is 6.89. The van der Waals surface area contributed by atoms with Gasteiger partial charge in [-0.2, -0.15) is 0 Å². The first kappa shape index (κ1) is 19.1. The zero-order valence-corrected chi connectivity index (χ0v) is 17.3. The molecule has 0 radical (unpaired) electrons. The van der Waals surface area contributed by atoms with Crippen LogP contribution in [0.1, 0.15) is 31.0 Å². The van der Waals surface area contributed by atoms with E-state index in [0.717, 1.165) is 44.6 Å². The van der Waals surface area contributed by atoms with Crippen LogP contribution in [0.2, 0.25) is 0 Å². The van der Waals surface area contributed by atoms with E-state index >= 15 is 0 Å². The summed E-state index contributed by atoms with van der Waals surface area (Å²) >= 11 is 0. The lowest BCUT2D eigenvalue weighted by atomic mass is 10.0. The molecule has 0 bridgehead atoms. The van der Waals surface area contributed by atoms with Gasteiger partial charge in [-0.05, 0) is 31.0 Å². The van der Waals surface area contributed by atoms with Gasteiger partial charge < -0.3 is 9.64 Å². The average molecular weight is 403 g/mol. The minimum Gasteiger partial charge on any atom is -0.490 e. The molecule has 1 aromatic heterocycles. The molecule has 1 aromatic carbocycles. The lowest BCUT2D eigenvalue weighted by Gasteiger charge is -2.38. The van der Waals surface area contributed by atoms with Gasteiger partial charge in [-0.25, -0.2) is 18.4 Å². The number of hydrogen-bond donors (Lipinski definition) is 0. The highest BCUT2D eigenvalue weighted by molar-refractivity contribution is 7.90. The Morgan fingerprint density at radius 1 is 1.14 bits per heavy atom. The number of nitrogens with zero attached hydrogens (tertiary/aromatic N) is 4. The van der Waals surface area contributed by atoms with E-state index in [-0.39, 0.29) is 11.0 Å². The molecule has 3 heterocycles. The van der Waals surface area contributed by atoms with Crippen molar-refractivity contribution < 1.29 is 13.2 Å². The van der Waals surface area contributed by atoms with Gasteiger partial charge in [0.2, 0.25) is 5.95 Å². The lowest BCUT2D eigenvalue weighted by molar-refractivity contribution is 0.197. The summed E-state index contributed by atoms with van der Waals surface area (Å²) in [5.74, 6) is 1.61. The monoisotopic (exact) mass is 402 g/mol. The number of aromatic nitrogens is 2. The van der Waals surface area contributed by atoms with Crippen LogP contribution in [-0.2, 0) is 16.3 Å². The van der Waals surface area contributed by atoms with E-state index in [9.17, 15) is 8.42 Å². The van der Waals surface area contributed by atoms with Crippen LogP contribution in [0.3, 0.4) is 0 Å². The Bertz CT molecular complexity index is 954. The molecule has 2 aromatic rings. The number of ether oxygens (including phenoxy) is 1. The molecule has 7 nitrogen and oxygen atoms in total. The zero-order chi connectivity index (χ0) is 19.9. The Labute approximate surface area is 166 Å². The molecule has 2 unspecified atom stereocenters. The predicted octanol–water partition coefficient (Wildman–Crippen LogP) is 2.09. The van der Waals surface area contributed by atoms with Gasteiger partial charge in [-0.15, -0.1) is 0 Å². The van der Waals surface area contributed by atoms with Crippen molar-refractivity contribution in [3.63, 3.8) is 0 Å². The lowest BCUT2D eigenvalue weighted by Crippen LogP contribution is -2.47. The smallest absolute Gasteiger partial charge is 0.225 e. The molecule has 2 atom stereocenters. The fourth-order valence-corrected chi connectivity index (χ4v) is 4.35. The molecule has 150 valence electrons. The summed E-state index contributed by atoms with van der Waals surface area (Å²) in [7, 11) is -3.27. The summed E-state index contributed by atoms with van der Waals surface area (Å²) < 4.78 is 29.0. The summed E-state index contributed by atoms with van der Waals surface area (Å²) in [5, 5.41) is 0. The van der Waals surface area contributed by atoms with Gasteiger partial charge in [0.05, 0.1) is 12.4 Å². The molecular formula is C20H26N4O3S. The third kappa shape index (κ3) is 3.84. The molecule has 0 amide bonds. The van der Waals surface area contributed by atoms with Gasteiger partial charge in [-0.3, -0.25) is 4.90 Å². The molecule has 2 aliphatic heterocycles. The van der Waals surface area contributed by atoms with Gasteiger partial charge in [0.15, 0.2) is 9.84 Å². The molecule has 0 spiro atoms. The van der Waals surface area contributed by atoms with Crippen molar-refractivity contribution in [1.82, 2.24) is 14.9 Å². The highest BCUT2D eigenvalue weighted by Gasteiger charge is 2.26. The number of piperazine rings is 1. The van der Waals surface area contributed by atoms with Gasteiger partial charge in [-0.1, -0.05) is 12.1 Å². The van der Waals surface area contributed by atoms with Gasteiger partial charge in [0, 0.05) is 44.9 Å².